The van der Waals surface area contributed by atoms with Crippen molar-refractivity contribution in [3.05, 3.63) is 0 Å². The first-order valence-corrected chi connectivity index (χ1v) is 4.12. The molecule has 0 aliphatic carbocycles. The average Bonchev–Trinajstić information content (AvgIpc) is 2.01. The van der Waals surface area contributed by atoms with Gasteiger partial charge in [-0.3, -0.25) is 0 Å². The van der Waals surface area contributed by atoms with Gasteiger partial charge in [0.2, 0.25) is 0 Å². The van der Waals surface area contributed by atoms with Crippen molar-refractivity contribution in [3.63, 3.8) is 0 Å². The Morgan fingerprint density at radius 2 is 1.67 bits per heavy atom. The fourth-order valence-electron chi connectivity index (χ4n) is 1.58. The first-order chi connectivity index (χ1) is 5.57. The van der Waals surface area contributed by atoms with Gasteiger partial charge in [-0.05, 0) is 13.8 Å². The van der Waals surface area contributed by atoms with Crippen LogP contribution in [0.25, 0.3) is 0 Å². The number of aliphatic hydroxyl groups excluding tert-OH is 2. The molecule has 1 aliphatic heterocycles. The Labute approximate surface area is 72.1 Å². The van der Waals surface area contributed by atoms with Crippen molar-refractivity contribution in [1.29, 1.82) is 0 Å². The molecule has 5 atom stereocenters. The Bertz CT molecular complexity index is 150. The number of ether oxygens (including phenoxy) is 2. The van der Waals surface area contributed by atoms with E-state index in [1.807, 2.05) is 6.92 Å². The Kier molecular flexibility index (Phi) is 3.06. The van der Waals surface area contributed by atoms with Gasteiger partial charge < -0.3 is 19.7 Å². The van der Waals surface area contributed by atoms with E-state index in [4.69, 9.17) is 9.47 Å². The van der Waals surface area contributed by atoms with Crippen molar-refractivity contribution < 1.29 is 19.7 Å². The lowest BCUT2D eigenvalue weighted by Crippen LogP contribution is -2.56. The lowest BCUT2D eigenvalue weighted by Gasteiger charge is -2.39. The molecule has 0 saturated carbocycles. The zero-order chi connectivity index (χ0) is 9.30. The summed E-state index contributed by atoms with van der Waals surface area (Å²) >= 11 is 0. The second kappa shape index (κ2) is 3.70. The van der Waals surface area contributed by atoms with Gasteiger partial charge in [0.15, 0.2) is 0 Å². The maximum absolute atomic E-state index is 9.52. The summed E-state index contributed by atoms with van der Waals surface area (Å²) in [7, 11) is 1.50. The summed E-state index contributed by atoms with van der Waals surface area (Å²) in [6, 6.07) is 0. The van der Waals surface area contributed by atoms with Crippen molar-refractivity contribution in [2.45, 2.75) is 44.4 Å². The number of rotatable bonds is 1. The van der Waals surface area contributed by atoms with E-state index >= 15 is 0 Å². The van der Waals surface area contributed by atoms with E-state index in [-0.39, 0.29) is 12.2 Å². The van der Waals surface area contributed by atoms with Crippen molar-refractivity contribution in [2.75, 3.05) is 7.11 Å². The third-order valence-corrected chi connectivity index (χ3v) is 2.33. The number of aliphatic hydroxyl groups is 2. The molecule has 12 heavy (non-hydrogen) atoms. The third kappa shape index (κ3) is 1.61. The molecular formula is C8H16O4. The van der Waals surface area contributed by atoms with Crippen molar-refractivity contribution in [3.8, 4) is 0 Å². The third-order valence-electron chi connectivity index (χ3n) is 2.33. The van der Waals surface area contributed by atoms with Crippen LogP contribution in [-0.4, -0.2) is 47.8 Å². The van der Waals surface area contributed by atoms with E-state index in [0.29, 0.717) is 0 Å². The van der Waals surface area contributed by atoms with Gasteiger partial charge in [0.25, 0.3) is 0 Å². The lowest BCUT2D eigenvalue weighted by molar-refractivity contribution is -0.219. The Balaban J connectivity index is 2.65. The highest BCUT2D eigenvalue weighted by molar-refractivity contribution is 4.89. The van der Waals surface area contributed by atoms with Crippen LogP contribution in [0.4, 0.5) is 0 Å². The molecule has 0 bridgehead atoms. The van der Waals surface area contributed by atoms with Gasteiger partial charge in [-0.25, -0.2) is 0 Å². The largest absolute Gasteiger partial charge is 0.388 e. The molecule has 1 rings (SSSR count). The minimum absolute atomic E-state index is 0.177. The molecule has 0 amide bonds. The summed E-state index contributed by atoms with van der Waals surface area (Å²) < 4.78 is 10.3. The smallest absolute Gasteiger partial charge is 0.111 e. The van der Waals surface area contributed by atoms with Gasteiger partial charge in [-0.1, -0.05) is 0 Å². The Morgan fingerprint density at radius 1 is 1.08 bits per heavy atom. The molecule has 0 aromatic heterocycles. The molecule has 72 valence electrons. The summed E-state index contributed by atoms with van der Waals surface area (Å²) in [6.07, 6.45) is -2.65. The number of methoxy groups -OCH3 is 1. The van der Waals surface area contributed by atoms with E-state index in [9.17, 15) is 10.2 Å². The lowest BCUT2D eigenvalue weighted by atomic mass is 9.96. The maximum Gasteiger partial charge on any atom is 0.111 e. The summed E-state index contributed by atoms with van der Waals surface area (Å²) in [5.74, 6) is 0. The normalized spacial score (nSPS) is 49.2. The molecule has 4 nitrogen and oxygen atoms in total. The van der Waals surface area contributed by atoms with Gasteiger partial charge >= 0.3 is 0 Å². The highest BCUT2D eigenvalue weighted by Gasteiger charge is 2.40. The van der Waals surface area contributed by atoms with Crippen molar-refractivity contribution in [1.82, 2.24) is 0 Å². The molecular weight excluding hydrogens is 160 g/mol. The van der Waals surface area contributed by atoms with Crippen LogP contribution < -0.4 is 0 Å². The maximum atomic E-state index is 9.52. The SMILES string of the molecule is CO[C@H]1C(C)O[C@@H](C)[C@H](O)C1O. The highest BCUT2D eigenvalue weighted by atomic mass is 16.6. The molecule has 4 heteroatoms. The average molecular weight is 176 g/mol. The second-order valence-electron chi connectivity index (χ2n) is 3.23. The molecule has 0 spiro atoms. The molecule has 2 unspecified atom stereocenters. The fraction of sp³-hybridized carbons (Fsp3) is 1.00. The van der Waals surface area contributed by atoms with E-state index < -0.39 is 18.3 Å². The molecule has 1 aliphatic rings. The summed E-state index contributed by atoms with van der Waals surface area (Å²) in [4.78, 5) is 0. The van der Waals surface area contributed by atoms with Crippen molar-refractivity contribution >= 4 is 0 Å². The van der Waals surface area contributed by atoms with Crippen LogP contribution >= 0.6 is 0 Å². The molecule has 0 aromatic carbocycles. The Hall–Kier alpha value is -0.160. The second-order valence-corrected chi connectivity index (χ2v) is 3.23. The minimum Gasteiger partial charge on any atom is -0.388 e. The number of hydrogen-bond acceptors (Lipinski definition) is 4. The van der Waals surface area contributed by atoms with Crippen LogP contribution in [0.1, 0.15) is 13.8 Å². The minimum atomic E-state index is -0.855. The number of hydrogen-bond donors (Lipinski definition) is 2. The molecule has 2 N–H and O–H groups in total. The van der Waals surface area contributed by atoms with Crippen LogP contribution in [0.15, 0.2) is 0 Å². The van der Waals surface area contributed by atoms with Gasteiger partial charge in [0, 0.05) is 7.11 Å². The quantitative estimate of drug-likeness (QED) is 0.567. The van der Waals surface area contributed by atoms with E-state index in [1.165, 1.54) is 7.11 Å². The predicted molar refractivity (Wildman–Crippen MR) is 42.8 cm³/mol. The van der Waals surface area contributed by atoms with E-state index in [2.05, 4.69) is 0 Å². The van der Waals surface area contributed by atoms with Crippen LogP contribution in [0, 0.1) is 0 Å². The van der Waals surface area contributed by atoms with Crippen molar-refractivity contribution in [2.24, 2.45) is 0 Å². The van der Waals surface area contributed by atoms with Crippen LogP contribution in [0.2, 0.25) is 0 Å². The molecule has 1 saturated heterocycles. The summed E-state index contributed by atoms with van der Waals surface area (Å²) in [6.45, 7) is 3.55. The predicted octanol–water partition coefficient (Wildman–Crippen LogP) is -0.470. The molecule has 0 radical (unpaired) electrons. The monoisotopic (exact) mass is 176 g/mol. The topological polar surface area (TPSA) is 58.9 Å². The zero-order valence-corrected chi connectivity index (χ0v) is 7.60. The summed E-state index contributed by atoms with van der Waals surface area (Å²) in [5, 5.41) is 18.9. The molecule has 0 aromatic rings. The van der Waals surface area contributed by atoms with Crippen LogP contribution in [-0.2, 0) is 9.47 Å². The van der Waals surface area contributed by atoms with Gasteiger partial charge in [0.05, 0.1) is 12.2 Å². The zero-order valence-electron chi connectivity index (χ0n) is 7.60. The van der Waals surface area contributed by atoms with Gasteiger partial charge in [0.1, 0.15) is 18.3 Å². The van der Waals surface area contributed by atoms with E-state index in [1.54, 1.807) is 6.92 Å². The standard InChI is InChI=1S/C8H16O4/c1-4-6(9)7(10)8(11-3)5(2)12-4/h4-10H,1-3H3/t4-,5?,6-,7?,8-/m0/s1. The van der Waals surface area contributed by atoms with Crippen LogP contribution in [0.3, 0.4) is 0 Å². The first-order valence-electron chi connectivity index (χ1n) is 4.12. The fourth-order valence-corrected chi connectivity index (χ4v) is 1.58. The first kappa shape index (κ1) is 9.92. The van der Waals surface area contributed by atoms with Gasteiger partial charge in [-0.2, -0.15) is 0 Å². The summed E-state index contributed by atoms with van der Waals surface area (Å²) in [5.41, 5.74) is 0. The molecule has 1 heterocycles. The van der Waals surface area contributed by atoms with Crippen LogP contribution in [0.5, 0.6) is 0 Å². The molecule has 1 fully saturated rings. The van der Waals surface area contributed by atoms with E-state index in [0.717, 1.165) is 0 Å². The highest BCUT2D eigenvalue weighted by Crippen LogP contribution is 2.22. The van der Waals surface area contributed by atoms with Gasteiger partial charge in [-0.15, -0.1) is 0 Å². The Morgan fingerprint density at radius 3 is 2.17 bits per heavy atom.